The van der Waals surface area contributed by atoms with Gasteiger partial charge < -0.3 is 15.2 Å². The van der Waals surface area contributed by atoms with E-state index in [1.165, 1.54) is 7.11 Å². The highest BCUT2D eigenvalue weighted by molar-refractivity contribution is 9.10. The number of rotatable bonds is 6. The van der Waals surface area contributed by atoms with Crippen LogP contribution in [0.3, 0.4) is 0 Å². The minimum atomic E-state index is -0.347. The predicted molar refractivity (Wildman–Crippen MR) is 88.5 cm³/mol. The highest BCUT2D eigenvalue weighted by Gasteiger charge is 2.13. The maximum Gasteiger partial charge on any atom is 0.337 e. The van der Waals surface area contributed by atoms with Crippen molar-refractivity contribution in [3.8, 4) is 0 Å². The third-order valence-electron chi connectivity index (χ3n) is 3.29. The smallest absolute Gasteiger partial charge is 0.337 e. The molecule has 2 N–H and O–H groups in total. The third-order valence-corrected chi connectivity index (χ3v) is 4.01. The molecule has 116 valence electrons. The Bertz CT molecular complexity index is 628. The summed E-state index contributed by atoms with van der Waals surface area (Å²) in [7, 11) is 1.36. The van der Waals surface area contributed by atoms with E-state index in [-0.39, 0.29) is 12.1 Å². The number of benzene rings is 2. The molecular weight excluding hydrogens is 346 g/mol. The number of nitrogens with two attached hydrogens (primary N) is 1. The average molecular weight is 364 g/mol. The van der Waals surface area contributed by atoms with Gasteiger partial charge in [-0.25, -0.2) is 4.79 Å². The molecule has 0 aliphatic carbocycles. The van der Waals surface area contributed by atoms with E-state index >= 15 is 0 Å². The zero-order valence-corrected chi connectivity index (χ0v) is 13.9. The van der Waals surface area contributed by atoms with Crippen LogP contribution in [0, 0.1) is 0 Å². The van der Waals surface area contributed by atoms with Gasteiger partial charge in [0.15, 0.2) is 0 Å². The Hall–Kier alpha value is -1.69. The lowest BCUT2D eigenvalue weighted by molar-refractivity contribution is 0.0451. The summed E-state index contributed by atoms with van der Waals surface area (Å²) in [6, 6.07) is 15.0. The molecule has 0 fully saturated rings. The van der Waals surface area contributed by atoms with Crippen molar-refractivity contribution in [2.75, 3.05) is 13.7 Å². The van der Waals surface area contributed by atoms with E-state index in [9.17, 15) is 4.79 Å². The topological polar surface area (TPSA) is 61.5 Å². The highest BCUT2D eigenvalue weighted by atomic mass is 79.9. The van der Waals surface area contributed by atoms with Crippen LogP contribution in [0.2, 0.25) is 0 Å². The van der Waals surface area contributed by atoms with Crippen LogP contribution in [-0.2, 0) is 16.1 Å². The van der Waals surface area contributed by atoms with Crippen molar-refractivity contribution in [1.29, 1.82) is 0 Å². The lowest BCUT2D eigenvalue weighted by Crippen LogP contribution is -2.16. The normalized spacial score (nSPS) is 12.0. The van der Waals surface area contributed by atoms with Gasteiger partial charge in [-0.15, -0.1) is 0 Å². The Morgan fingerprint density at radius 1 is 1.18 bits per heavy atom. The van der Waals surface area contributed by atoms with Crippen LogP contribution in [0.15, 0.2) is 53.0 Å². The summed E-state index contributed by atoms with van der Waals surface area (Å²) in [4.78, 5) is 11.4. The number of methoxy groups -OCH3 is 1. The molecule has 1 atom stereocenters. The molecule has 2 aromatic carbocycles. The Labute approximate surface area is 138 Å². The summed E-state index contributed by atoms with van der Waals surface area (Å²) >= 11 is 3.51. The summed E-state index contributed by atoms with van der Waals surface area (Å²) in [5, 5.41) is 0. The molecule has 0 radical (unpaired) electrons. The zero-order chi connectivity index (χ0) is 15.9. The van der Waals surface area contributed by atoms with E-state index in [2.05, 4.69) is 20.7 Å². The summed E-state index contributed by atoms with van der Waals surface area (Å²) in [5.41, 5.74) is 8.33. The first-order chi connectivity index (χ1) is 10.7. The molecule has 0 aliphatic rings. The van der Waals surface area contributed by atoms with Crippen LogP contribution in [0.1, 0.15) is 27.6 Å². The number of carbonyl (C=O) groups is 1. The van der Waals surface area contributed by atoms with E-state index in [0.29, 0.717) is 18.7 Å². The van der Waals surface area contributed by atoms with Crippen LogP contribution in [-0.4, -0.2) is 19.6 Å². The van der Waals surface area contributed by atoms with E-state index in [1.54, 1.807) is 12.1 Å². The SMILES string of the molecule is COC(=O)c1ccc(COC(CN)c2ccccc2Br)cc1. The molecular formula is C17H18BrNO3. The molecule has 0 spiro atoms. The van der Waals surface area contributed by atoms with Gasteiger partial charge in [0.1, 0.15) is 0 Å². The number of hydrogen-bond donors (Lipinski definition) is 1. The number of halogens is 1. The van der Waals surface area contributed by atoms with Gasteiger partial charge in [-0.05, 0) is 29.3 Å². The standard InChI is InChI=1S/C17H18BrNO3/c1-21-17(20)13-8-6-12(7-9-13)11-22-16(10-19)14-4-2-3-5-15(14)18/h2-9,16H,10-11,19H2,1H3. The minimum Gasteiger partial charge on any atom is -0.465 e. The number of ether oxygens (including phenoxy) is 2. The predicted octanol–water partition coefficient (Wildman–Crippen LogP) is 3.45. The van der Waals surface area contributed by atoms with Crippen molar-refractivity contribution in [3.63, 3.8) is 0 Å². The Balaban J connectivity index is 2.02. The molecule has 2 rings (SSSR count). The van der Waals surface area contributed by atoms with E-state index in [1.807, 2.05) is 36.4 Å². The van der Waals surface area contributed by atoms with Gasteiger partial charge in [-0.1, -0.05) is 46.3 Å². The maximum absolute atomic E-state index is 11.4. The Kier molecular flexibility index (Phi) is 6.12. The molecule has 0 aromatic heterocycles. The van der Waals surface area contributed by atoms with Crippen molar-refractivity contribution >= 4 is 21.9 Å². The van der Waals surface area contributed by atoms with Crippen molar-refractivity contribution in [1.82, 2.24) is 0 Å². The second kappa shape index (κ2) is 8.08. The molecule has 0 heterocycles. The van der Waals surface area contributed by atoms with Crippen molar-refractivity contribution < 1.29 is 14.3 Å². The van der Waals surface area contributed by atoms with Gasteiger partial charge in [-0.3, -0.25) is 0 Å². The largest absolute Gasteiger partial charge is 0.465 e. The first-order valence-electron chi connectivity index (χ1n) is 6.89. The first kappa shape index (κ1) is 16.7. The third kappa shape index (κ3) is 4.16. The fraction of sp³-hybridized carbons (Fsp3) is 0.235. The lowest BCUT2D eigenvalue weighted by Gasteiger charge is -2.18. The van der Waals surface area contributed by atoms with Gasteiger partial charge in [-0.2, -0.15) is 0 Å². The molecule has 2 aromatic rings. The minimum absolute atomic E-state index is 0.184. The fourth-order valence-corrected chi connectivity index (χ4v) is 2.61. The van der Waals surface area contributed by atoms with Gasteiger partial charge >= 0.3 is 5.97 Å². The molecule has 0 bridgehead atoms. The summed E-state index contributed by atoms with van der Waals surface area (Å²) in [6.45, 7) is 0.813. The number of hydrogen-bond acceptors (Lipinski definition) is 4. The van der Waals surface area contributed by atoms with Crippen LogP contribution in [0.4, 0.5) is 0 Å². The van der Waals surface area contributed by atoms with Gasteiger partial charge in [0.05, 0.1) is 25.4 Å². The lowest BCUT2D eigenvalue weighted by atomic mass is 10.1. The van der Waals surface area contributed by atoms with Gasteiger partial charge in [0.25, 0.3) is 0 Å². The van der Waals surface area contributed by atoms with Crippen molar-refractivity contribution in [2.45, 2.75) is 12.7 Å². The average Bonchev–Trinajstić information content (AvgIpc) is 2.56. The summed E-state index contributed by atoms with van der Waals surface area (Å²) in [6.07, 6.45) is -0.184. The Morgan fingerprint density at radius 2 is 1.86 bits per heavy atom. The van der Waals surface area contributed by atoms with Gasteiger partial charge in [0.2, 0.25) is 0 Å². The molecule has 0 amide bonds. The highest BCUT2D eigenvalue weighted by Crippen LogP contribution is 2.26. The second-order valence-electron chi connectivity index (χ2n) is 4.75. The van der Waals surface area contributed by atoms with Crippen molar-refractivity contribution in [3.05, 3.63) is 69.7 Å². The maximum atomic E-state index is 11.4. The molecule has 22 heavy (non-hydrogen) atoms. The monoisotopic (exact) mass is 363 g/mol. The summed E-state index contributed by atoms with van der Waals surface area (Å²) in [5.74, 6) is -0.347. The fourth-order valence-electron chi connectivity index (χ4n) is 2.07. The Morgan fingerprint density at radius 3 is 2.45 bits per heavy atom. The van der Waals surface area contributed by atoms with Crippen LogP contribution >= 0.6 is 15.9 Å². The summed E-state index contributed by atoms with van der Waals surface area (Å²) < 4.78 is 11.5. The van der Waals surface area contributed by atoms with E-state index < -0.39 is 0 Å². The van der Waals surface area contributed by atoms with Crippen LogP contribution < -0.4 is 5.73 Å². The number of carbonyl (C=O) groups excluding carboxylic acids is 1. The van der Waals surface area contributed by atoms with E-state index in [4.69, 9.17) is 10.5 Å². The van der Waals surface area contributed by atoms with Gasteiger partial charge in [0, 0.05) is 11.0 Å². The first-order valence-corrected chi connectivity index (χ1v) is 7.68. The molecule has 0 saturated carbocycles. The zero-order valence-electron chi connectivity index (χ0n) is 12.3. The van der Waals surface area contributed by atoms with Crippen molar-refractivity contribution in [2.24, 2.45) is 5.73 Å². The second-order valence-corrected chi connectivity index (χ2v) is 5.60. The molecule has 0 aliphatic heterocycles. The van der Waals surface area contributed by atoms with E-state index in [0.717, 1.165) is 15.6 Å². The number of esters is 1. The molecule has 4 nitrogen and oxygen atoms in total. The molecule has 1 unspecified atom stereocenters. The van der Waals surface area contributed by atoms with Crippen LogP contribution in [0.25, 0.3) is 0 Å². The molecule has 5 heteroatoms. The van der Waals surface area contributed by atoms with Crippen LogP contribution in [0.5, 0.6) is 0 Å². The molecule has 0 saturated heterocycles. The quantitative estimate of drug-likeness (QED) is 0.798.